The van der Waals surface area contributed by atoms with E-state index >= 15 is 0 Å². The molecule has 4 aromatic rings. The van der Waals surface area contributed by atoms with Gasteiger partial charge in [0.25, 0.3) is 0 Å². The molecule has 0 fully saturated rings. The van der Waals surface area contributed by atoms with Gasteiger partial charge in [-0.25, -0.2) is 4.79 Å². The predicted molar refractivity (Wildman–Crippen MR) is 194 cm³/mol. The van der Waals surface area contributed by atoms with E-state index in [-0.39, 0.29) is 11.4 Å². The third kappa shape index (κ3) is 11.7. The molecule has 0 aliphatic carbocycles. The molecular formula is C40H49NO5Si. The highest BCUT2D eigenvalue weighted by molar-refractivity contribution is 6.76. The quantitative estimate of drug-likeness (QED) is 0.0421. The van der Waals surface area contributed by atoms with Crippen molar-refractivity contribution in [3.05, 3.63) is 120 Å². The van der Waals surface area contributed by atoms with Gasteiger partial charge in [0.2, 0.25) is 0 Å². The van der Waals surface area contributed by atoms with Gasteiger partial charge in [-0.15, -0.1) is 0 Å². The first kappa shape index (κ1) is 35.5. The van der Waals surface area contributed by atoms with Crippen LogP contribution in [-0.2, 0) is 26.2 Å². The summed E-state index contributed by atoms with van der Waals surface area (Å²) in [5.41, 5.74) is 6.34. The van der Waals surface area contributed by atoms with E-state index in [2.05, 4.69) is 82.0 Å². The highest BCUT2D eigenvalue weighted by Gasteiger charge is 2.24. The van der Waals surface area contributed by atoms with E-state index in [0.29, 0.717) is 37.7 Å². The monoisotopic (exact) mass is 651 g/mol. The average molecular weight is 652 g/mol. The average Bonchev–Trinajstić information content (AvgIpc) is 3.04. The Balaban J connectivity index is 1.28. The van der Waals surface area contributed by atoms with Gasteiger partial charge in [0.15, 0.2) is 12.7 Å². The number of rotatable bonds is 15. The van der Waals surface area contributed by atoms with Gasteiger partial charge in [-0.05, 0) is 70.5 Å². The zero-order valence-corrected chi connectivity index (χ0v) is 29.9. The summed E-state index contributed by atoms with van der Waals surface area (Å²) in [4.78, 5) is 18.7. The van der Waals surface area contributed by atoms with Gasteiger partial charge in [0, 0.05) is 14.5 Å². The van der Waals surface area contributed by atoms with E-state index in [4.69, 9.17) is 19.0 Å². The van der Waals surface area contributed by atoms with Crippen LogP contribution in [-0.4, -0.2) is 45.7 Å². The van der Waals surface area contributed by atoms with Crippen molar-refractivity contribution in [3.8, 4) is 22.6 Å². The number of hydrogen-bond donors (Lipinski definition) is 0. The van der Waals surface area contributed by atoms with Crippen LogP contribution in [0.1, 0.15) is 44.4 Å². The third-order valence-corrected chi connectivity index (χ3v) is 9.46. The van der Waals surface area contributed by atoms with Crippen LogP contribution in [0.15, 0.2) is 108 Å². The van der Waals surface area contributed by atoms with Crippen molar-refractivity contribution in [1.29, 1.82) is 0 Å². The summed E-state index contributed by atoms with van der Waals surface area (Å²) >= 11 is 0. The Labute approximate surface area is 281 Å². The fourth-order valence-electron chi connectivity index (χ4n) is 4.78. The van der Waals surface area contributed by atoms with Gasteiger partial charge in [-0.2, -0.15) is 0 Å². The SMILES string of the molecule is CC(=NOCCOc1ccc(CC(Oc2ccc(C(C)(C)C)cc2)C(=O)OCC[Si](C)(C)C)cc1)c1ccc(-c2ccccc2)cc1. The van der Waals surface area contributed by atoms with Gasteiger partial charge in [0.1, 0.15) is 18.1 Å². The van der Waals surface area contributed by atoms with Crippen molar-refractivity contribution < 1.29 is 23.8 Å². The van der Waals surface area contributed by atoms with Gasteiger partial charge < -0.3 is 19.0 Å². The molecule has 0 saturated heterocycles. The van der Waals surface area contributed by atoms with Gasteiger partial charge in [0.05, 0.1) is 12.3 Å². The first-order valence-electron chi connectivity index (χ1n) is 16.4. The maximum atomic E-state index is 13.2. The molecule has 47 heavy (non-hydrogen) atoms. The first-order valence-corrected chi connectivity index (χ1v) is 20.1. The van der Waals surface area contributed by atoms with Crippen LogP contribution in [0.3, 0.4) is 0 Å². The molecule has 1 atom stereocenters. The lowest BCUT2D eigenvalue weighted by molar-refractivity contribution is -0.151. The van der Waals surface area contributed by atoms with Crippen LogP contribution in [0.2, 0.25) is 25.7 Å². The second-order valence-electron chi connectivity index (χ2n) is 14.0. The second-order valence-corrected chi connectivity index (χ2v) is 19.6. The molecule has 0 saturated carbocycles. The summed E-state index contributed by atoms with van der Waals surface area (Å²) in [5.74, 6) is 1.01. The zero-order valence-electron chi connectivity index (χ0n) is 28.9. The summed E-state index contributed by atoms with van der Waals surface area (Å²) < 4.78 is 17.8. The van der Waals surface area contributed by atoms with Gasteiger partial charge >= 0.3 is 5.97 Å². The summed E-state index contributed by atoms with van der Waals surface area (Å²) in [6, 6.07) is 35.1. The number of esters is 1. The van der Waals surface area contributed by atoms with Crippen LogP contribution in [0.5, 0.6) is 11.5 Å². The molecule has 0 radical (unpaired) electrons. The second kappa shape index (κ2) is 16.5. The summed E-state index contributed by atoms with van der Waals surface area (Å²) in [7, 11) is -1.34. The first-order chi connectivity index (χ1) is 22.4. The van der Waals surface area contributed by atoms with Crippen molar-refractivity contribution in [1.82, 2.24) is 0 Å². The maximum Gasteiger partial charge on any atom is 0.347 e. The largest absolute Gasteiger partial charge is 0.490 e. The molecule has 0 heterocycles. The number of oxime groups is 1. The van der Waals surface area contributed by atoms with Crippen LogP contribution >= 0.6 is 0 Å². The Morgan fingerprint density at radius 2 is 1.36 bits per heavy atom. The van der Waals surface area contributed by atoms with E-state index < -0.39 is 14.2 Å². The molecular weight excluding hydrogens is 603 g/mol. The minimum atomic E-state index is -1.34. The van der Waals surface area contributed by atoms with E-state index in [0.717, 1.165) is 28.4 Å². The summed E-state index contributed by atoms with van der Waals surface area (Å²) in [6.45, 7) is 16.3. The minimum absolute atomic E-state index is 0.0334. The third-order valence-electron chi connectivity index (χ3n) is 7.76. The minimum Gasteiger partial charge on any atom is -0.490 e. The topological polar surface area (TPSA) is 66.3 Å². The molecule has 0 aliphatic rings. The van der Waals surface area contributed by atoms with E-state index in [1.54, 1.807) is 0 Å². The Hall–Kier alpha value is -4.36. The van der Waals surface area contributed by atoms with Gasteiger partial charge in [-0.1, -0.05) is 124 Å². The Morgan fingerprint density at radius 1 is 0.745 bits per heavy atom. The molecule has 0 N–H and O–H groups in total. The number of nitrogens with zero attached hydrogens (tertiary/aromatic N) is 1. The van der Waals surface area contributed by atoms with Crippen molar-refractivity contribution in [2.75, 3.05) is 19.8 Å². The van der Waals surface area contributed by atoms with Crippen molar-refractivity contribution in [3.63, 3.8) is 0 Å². The fraction of sp³-hybridized carbons (Fsp3) is 0.350. The molecule has 6 nitrogen and oxygen atoms in total. The lowest BCUT2D eigenvalue weighted by Gasteiger charge is -2.22. The van der Waals surface area contributed by atoms with E-state index in [1.807, 2.05) is 73.7 Å². The molecule has 4 aromatic carbocycles. The molecule has 4 rings (SSSR count). The molecule has 248 valence electrons. The standard InChI is InChI=1S/C40H49NO5Si/c1-30(32-15-17-34(18-16-32)33-11-9-8-10-12-33)41-45-26-25-43-36-21-13-31(14-22-36)29-38(39(42)44-27-28-47(5,6)7)46-37-23-19-35(20-24-37)40(2,3)4/h8-24,38H,25-29H2,1-7H3. The number of carbonyl (C=O) groups is 1. The number of hydrogen-bond acceptors (Lipinski definition) is 6. The van der Waals surface area contributed by atoms with E-state index in [1.165, 1.54) is 11.1 Å². The maximum absolute atomic E-state index is 13.2. The zero-order chi connectivity index (χ0) is 33.9. The van der Waals surface area contributed by atoms with Crippen LogP contribution < -0.4 is 9.47 Å². The molecule has 7 heteroatoms. The smallest absolute Gasteiger partial charge is 0.347 e. The molecule has 0 bridgehead atoms. The number of benzene rings is 4. The van der Waals surface area contributed by atoms with Crippen LogP contribution in [0.4, 0.5) is 0 Å². The lowest BCUT2D eigenvalue weighted by atomic mass is 9.87. The summed E-state index contributed by atoms with van der Waals surface area (Å²) in [6.07, 6.45) is -0.371. The Morgan fingerprint density at radius 3 is 1.98 bits per heavy atom. The predicted octanol–water partition coefficient (Wildman–Crippen LogP) is 9.34. The van der Waals surface area contributed by atoms with Crippen molar-refractivity contribution >= 4 is 19.8 Å². The number of carbonyl (C=O) groups excluding carboxylic acids is 1. The van der Waals surface area contributed by atoms with Crippen LogP contribution in [0, 0.1) is 0 Å². The fourth-order valence-corrected chi connectivity index (χ4v) is 5.50. The Bertz CT molecular complexity index is 1570. The molecule has 1 unspecified atom stereocenters. The number of ether oxygens (including phenoxy) is 3. The molecule has 0 aromatic heterocycles. The highest BCUT2D eigenvalue weighted by Crippen LogP contribution is 2.26. The lowest BCUT2D eigenvalue weighted by Crippen LogP contribution is -2.33. The highest BCUT2D eigenvalue weighted by atomic mass is 28.3. The molecule has 0 amide bonds. The molecule has 0 spiro atoms. The normalized spacial score (nSPS) is 12.7. The Kier molecular flexibility index (Phi) is 12.4. The summed E-state index contributed by atoms with van der Waals surface area (Å²) in [5, 5.41) is 4.26. The van der Waals surface area contributed by atoms with Crippen molar-refractivity contribution in [2.24, 2.45) is 5.16 Å². The van der Waals surface area contributed by atoms with Gasteiger partial charge in [-0.3, -0.25) is 0 Å². The van der Waals surface area contributed by atoms with Crippen molar-refractivity contribution in [2.45, 2.75) is 71.3 Å². The van der Waals surface area contributed by atoms with E-state index in [9.17, 15) is 4.79 Å². The molecule has 0 aliphatic heterocycles. The van der Waals surface area contributed by atoms with Crippen LogP contribution in [0.25, 0.3) is 11.1 Å².